The molecule has 152 valence electrons. The average Bonchev–Trinajstić information content (AvgIpc) is 2.95. The lowest BCUT2D eigenvalue weighted by Crippen LogP contribution is -2.37. The van der Waals surface area contributed by atoms with Crippen molar-refractivity contribution < 1.29 is 23.9 Å². The minimum absolute atomic E-state index is 0.148. The molecule has 0 radical (unpaired) electrons. The molecule has 0 fully saturated rings. The first-order chi connectivity index (χ1) is 13.7. The van der Waals surface area contributed by atoms with E-state index in [1.165, 1.54) is 20.3 Å². The minimum Gasteiger partial charge on any atom is -0.497 e. The number of rotatable bonds is 5. The van der Waals surface area contributed by atoms with Gasteiger partial charge >= 0.3 is 0 Å². The van der Waals surface area contributed by atoms with E-state index in [0.29, 0.717) is 22.1 Å². The van der Waals surface area contributed by atoms with Crippen molar-refractivity contribution in [2.75, 3.05) is 26.1 Å². The molecule has 7 nitrogen and oxygen atoms in total. The van der Waals surface area contributed by atoms with Crippen molar-refractivity contribution in [2.45, 2.75) is 0 Å². The van der Waals surface area contributed by atoms with Gasteiger partial charge in [0.2, 0.25) is 5.91 Å². The molecule has 3 rings (SSSR count). The van der Waals surface area contributed by atoms with E-state index in [4.69, 9.17) is 55.9 Å². The van der Waals surface area contributed by atoms with Crippen LogP contribution < -0.4 is 14.8 Å². The second-order valence-corrected chi connectivity index (χ2v) is 7.33. The first-order valence-electron chi connectivity index (χ1n) is 7.95. The number of amides is 3. The maximum atomic E-state index is 12.7. The van der Waals surface area contributed by atoms with Crippen LogP contribution in [0.1, 0.15) is 20.7 Å². The number of ether oxygens (including phenoxy) is 2. The van der Waals surface area contributed by atoms with Gasteiger partial charge in [0.05, 0.1) is 51.1 Å². The lowest BCUT2D eigenvalue weighted by Gasteiger charge is -2.15. The zero-order valence-corrected chi connectivity index (χ0v) is 18.0. The molecule has 0 spiro atoms. The number of halogens is 4. The summed E-state index contributed by atoms with van der Waals surface area (Å²) in [6.07, 6.45) is 0. The smallest absolute Gasteiger partial charge is 0.263 e. The second kappa shape index (κ2) is 8.28. The number of nitrogens with zero attached hydrogens (tertiary/aromatic N) is 1. The van der Waals surface area contributed by atoms with E-state index in [1.54, 1.807) is 12.1 Å². The first-order valence-corrected chi connectivity index (χ1v) is 9.46. The Morgan fingerprint density at radius 3 is 1.97 bits per heavy atom. The van der Waals surface area contributed by atoms with E-state index < -0.39 is 24.3 Å². The molecule has 0 saturated heterocycles. The van der Waals surface area contributed by atoms with Crippen LogP contribution in [0.4, 0.5) is 5.69 Å². The highest BCUT2D eigenvalue weighted by Crippen LogP contribution is 2.44. The van der Waals surface area contributed by atoms with E-state index in [0.717, 1.165) is 0 Å². The number of carbonyl (C=O) groups excluding carboxylic acids is 3. The number of anilines is 1. The Hall–Kier alpha value is -2.19. The summed E-state index contributed by atoms with van der Waals surface area (Å²) >= 11 is 24.1. The molecular weight excluding hydrogens is 466 g/mol. The van der Waals surface area contributed by atoms with Gasteiger partial charge in [-0.1, -0.05) is 46.4 Å². The van der Waals surface area contributed by atoms with Crippen LogP contribution in [-0.4, -0.2) is 43.4 Å². The Bertz CT molecular complexity index is 1010. The van der Waals surface area contributed by atoms with Gasteiger partial charge in [-0.15, -0.1) is 0 Å². The summed E-state index contributed by atoms with van der Waals surface area (Å²) in [5.74, 6) is -1.42. The number of fused-ring (bicyclic) bond motifs is 1. The van der Waals surface area contributed by atoms with Crippen LogP contribution in [-0.2, 0) is 4.79 Å². The normalized spacial score (nSPS) is 12.8. The lowest BCUT2D eigenvalue weighted by molar-refractivity contribution is -0.116. The van der Waals surface area contributed by atoms with Crippen LogP contribution >= 0.6 is 46.4 Å². The van der Waals surface area contributed by atoms with Crippen LogP contribution in [0, 0.1) is 0 Å². The van der Waals surface area contributed by atoms with Gasteiger partial charge in [0.1, 0.15) is 18.0 Å². The largest absolute Gasteiger partial charge is 0.497 e. The monoisotopic (exact) mass is 476 g/mol. The summed E-state index contributed by atoms with van der Waals surface area (Å²) in [5.41, 5.74) is -0.0822. The van der Waals surface area contributed by atoms with Crippen LogP contribution in [0.15, 0.2) is 18.2 Å². The van der Waals surface area contributed by atoms with Gasteiger partial charge in [0.15, 0.2) is 0 Å². The molecule has 1 N–H and O–H groups in total. The van der Waals surface area contributed by atoms with Crippen LogP contribution in [0.25, 0.3) is 0 Å². The summed E-state index contributed by atoms with van der Waals surface area (Å²) < 4.78 is 10.3. The molecule has 11 heteroatoms. The van der Waals surface area contributed by atoms with Crippen molar-refractivity contribution in [1.82, 2.24) is 4.90 Å². The molecule has 0 aromatic heterocycles. The van der Waals surface area contributed by atoms with Crippen molar-refractivity contribution in [3.05, 3.63) is 49.4 Å². The zero-order chi connectivity index (χ0) is 21.5. The molecule has 3 amide bonds. The minimum atomic E-state index is -0.803. The van der Waals surface area contributed by atoms with Crippen molar-refractivity contribution in [1.29, 1.82) is 0 Å². The third-order valence-corrected chi connectivity index (χ3v) is 5.97. The molecule has 0 saturated carbocycles. The van der Waals surface area contributed by atoms with E-state index in [1.807, 2.05) is 0 Å². The molecule has 0 bridgehead atoms. The van der Waals surface area contributed by atoms with Gasteiger partial charge < -0.3 is 14.8 Å². The summed E-state index contributed by atoms with van der Waals surface area (Å²) in [5, 5.41) is 1.88. The molecule has 0 unspecified atom stereocenters. The standard InChI is InChI=1S/C18H12Cl4N2O5/c1-28-7-3-4-9(29-2)8(5-7)23-10(25)6-24-17(26)11-12(18(24)27)14(20)16(22)15(21)13(11)19/h3-5H,6H2,1-2H3,(H,23,25). The maximum absolute atomic E-state index is 12.7. The molecule has 1 aliphatic rings. The van der Waals surface area contributed by atoms with E-state index in [-0.39, 0.29) is 31.2 Å². The average molecular weight is 478 g/mol. The zero-order valence-electron chi connectivity index (χ0n) is 14.9. The first kappa shape index (κ1) is 21.5. The SMILES string of the molecule is COc1ccc(OC)c(NC(=O)CN2C(=O)c3c(Cl)c(Cl)c(Cl)c(Cl)c3C2=O)c1. The topological polar surface area (TPSA) is 84.9 Å². The molecule has 2 aromatic rings. The van der Waals surface area contributed by atoms with Crippen LogP contribution in [0.2, 0.25) is 20.1 Å². The molecule has 2 aromatic carbocycles. The molecule has 1 heterocycles. The maximum Gasteiger partial charge on any atom is 0.263 e. The third-order valence-electron chi connectivity index (χ3n) is 4.17. The fourth-order valence-corrected chi connectivity index (χ4v) is 3.80. The Kier molecular flexibility index (Phi) is 6.14. The fraction of sp³-hybridized carbons (Fsp3) is 0.167. The van der Waals surface area contributed by atoms with Crippen LogP contribution in [0.5, 0.6) is 11.5 Å². The predicted octanol–water partition coefficient (Wildman–Crippen LogP) is 4.55. The number of hydrogen-bond acceptors (Lipinski definition) is 5. The molecule has 1 aliphatic heterocycles. The summed E-state index contributed by atoms with van der Waals surface area (Å²) in [6, 6.07) is 4.78. The fourth-order valence-electron chi connectivity index (χ4n) is 2.78. The number of methoxy groups -OCH3 is 2. The van der Waals surface area contributed by atoms with Gasteiger partial charge in [-0.2, -0.15) is 0 Å². The molecular formula is C18H12Cl4N2O5. The number of nitrogens with one attached hydrogen (secondary N) is 1. The highest BCUT2D eigenvalue weighted by molar-refractivity contribution is 6.55. The molecule has 29 heavy (non-hydrogen) atoms. The number of imide groups is 1. The quantitative estimate of drug-likeness (QED) is 0.388. The molecule has 0 aliphatic carbocycles. The Morgan fingerprint density at radius 2 is 1.48 bits per heavy atom. The molecule has 0 atom stereocenters. The Morgan fingerprint density at radius 1 is 0.931 bits per heavy atom. The van der Waals surface area contributed by atoms with Crippen LogP contribution in [0.3, 0.4) is 0 Å². The number of hydrogen-bond donors (Lipinski definition) is 1. The lowest BCUT2D eigenvalue weighted by atomic mass is 10.1. The van der Waals surface area contributed by atoms with Gasteiger partial charge in [-0.05, 0) is 12.1 Å². The van der Waals surface area contributed by atoms with E-state index in [9.17, 15) is 14.4 Å². The number of benzene rings is 2. The van der Waals surface area contributed by atoms with Gasteiger partial charge in [-0.3, -0.25) is 19.3 Å². The van der Waals surface area contributed by atoms with E-state index >= 15 is 0 Å². The predicted molar refractivity (Wildman–Crippen MR) is 110 cm³/mol. The third kappa shape index (κ3) is 3.71. The van der Waals surface area contributed by atoms with Gasteiger partial charge in [0, 0.05) is 6.07 Å². The highest BCUT2D eigenvalue weighted by Gasteiger charge is 2.42. The number of carbonyl (C=O) groups is 3. The highest BCUT2D eigenvalue weighted by atomic mass is 35.5. The summed E-state index contributed by atoms with van der Waals surface area (Å²) in [7, 11) is 2.90. The van der Waals surface area contributed by atoms with Crippen molar-refractivity contribution >= 4 is 69.8 Å². The second-order valence-electron chi connectivity index (χ2n) is 5.82. The Labute approximate surface area is 185 Å². The van der Waals surface area contributed by atoms with Gasteiger partial charge in [-0.25, -0.2) is 0 Å². The van der Waals surface area contributed by atoms with Gasteiger partial charge in [0.25, 0.3) is 11.8 Å². The van der Waals surface area contributed by atoms with Crippen molar-refractivity contribution in [3.63, 3.8) is 0 Å². The van der Waals surface area contributed by atoms with Crippen molar-refractivity contribution in [2.24, 2.45) is 0 Å². The van der Waals surface area contributed by atoms with Crippen molar-refractivity contribution in [3.8, 4) is 11.5 Å². The summed E-state index contributed by atoms with van der Waals surface area (Å²) in [6.45, 7) is -0.589. The Balaban J connectivity index is 1.88. The van der Waals surface area contributed by atoms with E-state index in [2.05, 4.69) is 5.32 Å². The summed E-state index contributed by atoms with van der Waals surface area (Å²) in [4.78, 5) is 38.6.